The maximum absolute atomic E-state index is 5.98. The summed E-state index contributed by atoms with van der Waals surface area (Å²) in [5.74, 6) is 2.05. The number of rotatable bonds is 4. The van der Waals surface area contributed by atoms with Crippen molar-refractivity contribution in [2.45, 2.75) is 0 Å². The lowest BCUT2D eigenvalue weighted by atomic mass is 10.1. The van der Waals surface area contributed by atoms with Crippen LogP contribution >= 0.6 is 27.5 Å². The third kappa shape index (κ3) is 2.81. The van der Waals surface area contributed by atoms with E-state index in [4.69, 9.17) is 25.8 Å². The van der Waals surface area contributed by atoms with Gasteiger partial charge in [-0.05, 0) is 28.1 Å². The Morgan fingerprint density at radius 1 is 1.05 bits per heavy atom. The van der Waals surface area contributed by atoms with E-state index in [9.17, 15) is 0 Å². The lowest BCUT2D eigenvalue weighted by molar-refractivity contribution is 0.324. The Morgan fingerprint density at radius 3 is 2.10 bits per heavy atom. The van der Waals surface area contributed by atoms with E-state index in [1.807, 2.05) is 0 Å². The highest BCUT2D eigenvalue weighted by Gasteiger charge is 2.15. The molecule has 0 N–H and O–H groups in total. The summed E-state index contributed by atoms with van der Waals surface area (Å²) in [6, 6.07) is 3.53. The summed E-state index contributed by atoms with van der Waals surface area (Å²) in [5.41, 5.74) is 0.717. The average Bonchev–Trinajstić information content (AvgIpc) is 2.48. The molecule has 0 aliphatic heterocycles. The number of hydrogen-bond acceptors (Lipinski definition) is 5. The summed E-state index contributed by atoms with van der Waals surface area (Å²) in [6.07, 6.45) is 1.59. The summed E-state index contributed by atoms with van der Waals surface area (Å²) >= 11 is 9.24. The normalized spacial score (nSPS) is 10.2. The Morgan fingerprint density at radius 2 is 1.65 bits per heavy atom. The Balaban J connectivity index is 2.59. The number of nitrogens with zero attached hydrogens (tertiary/aromatic N) is 2. The maximum atomic E-state index is 5.98. The van der Waals surface area contributed by atoms with E-state index in [-0.39, 0.29) is 0 Å². The zero-order chi connectivity index (χ0) is 14.7. The molecule has 0 aliphatic rings. The molecule has 0 atom stereocenters. The predicted octanol–water partition coefficient (Wildman–Crippen LogP) is 3.59. The van der Waals surface area contributed by atoms with Gasteiger partial charge >= 0.3 is 0 Å². The molecule has 7 heteroatoms. The fourth-order valence-electron chi connectivity index (χ4n) is 1.70. The van der Waals surface area contributed by atoms with Gasteiger partial charge in [-0.25, -0.2) is 9.97 Å². The van der Waals surface area contributed by atoms with Crippen molar-refractivity contribution in [1.29, 1.82) is 0 Å². The highest BCUT2D eigenvalue weighted by atomic mass is 79.9. The van der Waals surface area contributed by atoms with Crippen LogP contribution in [-0.4, -0.2) is 31.3 Å². The summed E-state index contributed by atoms with van der Waals surface area (Å²) in [6.45, 7) is 0. The first-order chi connectivity index (χ1) is 9.60. The molecule has 0 spiro atoms. The molecule has 2 aromatic rings. The molecular weight excluding hydrogens is 348 g/mol. The molecule has 0 saturated carbocycles. The zero-order valence-corrected chi connectivity index (χ0v) is 13.4. The molecule has 0 saturated heterocycles. The van der Waals surface area contributed by atoms with Crippen LogP contribution in [-0.2, 0) is 0 Å². The minimum absolute atomic E-state index is 0.337. The van der Waals surface area contributed by atoms with Crippen LogP contribution in [0.3, 0.4) is 0 Å². The number of aromatic nitrogens is 2. The van der Waals surface area contributed by atoms with Crippen LogP contribution in [0.4, 0.5) is 0 Å². The lowest BCUT2D eigenvalue weighted by Gasteiger charge is -2.13. The predicted molar refractivity (Wildman–Crippen MR) is 79.8 cm³/mol. The highest BCUT2D eigenvalue weighted by Crippen LogP contribution is 2.40. The summed E-state index contributed by atoms with van der Waals surface area (Å²) in [5, 5.41) is 0.337. The van der Waals surface area contributed by atoms with E-state index < -0.39 is 0 Å². The van der Waals surface area contributed by atoms with Gasteiger partial charge in [-0.1, -0.05) is 11.6 Å². The number of methoxy groups -OCH3 is 3. The van der Waals surface area contributed by atoms with Gasteiger partial charge in [-0.15, -0.1) is 0 Å². The van der Waals surface area contributed by atoms with Crippen LogP contribution in [0.15, 0.2) is 22.8 Å². The Bertz CT molecular complexity index is 612. The molecule has 0 aliphatic carbocycles. The van der Waals surface area contributed by atoms with Gasteiger partial charge in [-0.2, -0.15) is 0 Å². The van der Waals surface area contributed by atoms with Crippen molar-refractivity contribution in [3.05, 3.63) is 28.0 Å². The SMILES string of the molecule is COc1cc(-c2ncc(Br)c(Cl)n2)cc(OC)c1OC. The van der Waals surface area contributed by atoms with Gasteiger partial charge in [0.2, 0.25) is 5.75 Å². The number of ether oxygens (including phenoxy) is 3. The summed E-state index contributed by atoms with van der Waals surface area (Å²) in [4.78, 5) is 8.43. The average molecular weight is 360 g/mol. The molecule has 0 radical (unpaired) electrons. The molecule has 106 valence electrons. The molecular formula is C13H12BrClN2O3. The molecule has 1 heterocycles. The Labute approximate surface area is 130 Å². The van der Waals surface area contributed by atoms with Crippen molar-refractivity contribution in [2.75, 3.05) is 21.3 Å². The van der Waals surface area contributed by atoms with Crippen molar-refractivity contribution in [3.63, 3.8) is 0 Å². The van der Waals surface area contributed by atoms with Gasteiger partial charge in [0.25, 0.3) is 0 Å². The third-order valence-electron chi connectivity index (χ3n) is 2.62. The van der Waals surface area contributed by atoms with Crippen LogP contribution < -0.4 is 14.2 Å². The van der Waals surface area contributed by atoms with Crippen molar-refractivity contribution < 1.29 is 14.2 Å². The van der Waals surface area contributed by atoms with Gasteiger partial charge in [0.05, 0.1) is 25.8 Å². The van der Waals surface area contributed by atoms with Gasteiger partial charge in [0.1, 0.15) is 5.15 Å². The molecule has 0 amide bonds. The smallest absolute Gasteiger partial charge is 0.203 e. The summed E-state index contributed by atoms with van der Waals surface area (Å²) in [7, 11) is 4.65. The molecule has 1 aromatic heterocycles. The molecule has 1 aromatic carbocycles. The first kappa shape index (κ1) is 14.9. The van der Waals surface area contributed by atoms with Crippen molar-refractivity contribution in [3.8, 4) is 28.6 Å². The van der Waals surface area contributed by atoms with E-state index in [2.05, 4.69) is 25.9 Å². The number of benzene rings is 1. The van der Waals surface area contributed by atoms with Crippen molar-refractivity contribution in [1.82, 2.24) is 9.97 Å². The Hall–Kier alpha value is -1.53. The largest absolute Gasteiger partial charge is 0.493 e. The molecule has 0 unspecified atom stereocenters. The second-order valence-corrected chi connectivity index (χ2v) is 4.96. The van der Waals surface area contributed by atoms with E-state index >= 15 is 0 Å². The second-order valence-electron chi connectivity index (χ2n) is 3.75. The Kier molecular flexibility index (Phi) is 4.67. The minimum Gasteiger partial charge on any atom is -0.493 e. The zero-order valence-electron chi connectivity index (χ0n) is 11.1. The monoisotopic (exact) mass is 358 g/mol. The third-order valence-corrected chi connectivity index (χ3v) is 3.72. The first-order valence-corrected chi connectivity index (χ1v) is 6.76. The molecule has 2 rings (SSSR count). The lowest BCUT2D eigenvalue weighted by Crippen LogP contribution is -1.97. The van der Waals surface area contributed by atoms with E-state index in [1.165, 1.54) is 0 Å². The summed E-state index contributed by atoms with van der Waals surface area (Å²) < 4.78 is 16.5. The highest BCUT2D eigenvalue weighted by molar-refractivity contribution is 9.10. The van der Waals surface area contributed by atoms with Gasteiger partial charge in [0.15, 0.2) is 17.3 Å². The van der Waals surface area contributed by atoms with Crippen LogP contribution in [0.25, 0.3) is 11.4 Å². The molecule has 20 heavy (non-hydrogen) atoms. The van der Waals surface area contributed by atoms with E-state index in [0.29, 0.717) is 38.3 Å². The van der Waals surface area contributed by atoms with Crippen LogP contribution in [0.2, 0.25) is 5.15 Å². The number of halogens is 2. The quantitative estimate of drug-likeness (QED) is 0.781. The first-order valence-electron chi connectivity index (χ1n) is 5.59. The van der Waals surface area contributed by atoms with E-state index in [1.54, 1.807) is 39.7 Å². The van der Waals surface area contributed by atoms with Crippen molar-refractivity contribution in [2.24, 2.45) is 0 Å². The van der Waals surface area contributed by atoms with Gasteiger partial charge in [-0.3, -0.25) is 0 Å². The maximum Gasteiger partial charge on any atom is 0.203 e. The van der Waals surface area contributed by atoms with E-state index in [0.717, 1.165) is 0 Å². The fourth-order valence-corrected chi connectivity index (χ4v) is 2.02. The van der Waals surface area contributed by atoms with Crippen LogP contribution in [0.5, 0.6) is 17.2 Å². The van der Waals surface area contributed by atoms with Gasteiger partial charge < -0.3 is 14.2 Å². The molecule has 0 bridgehead atoms. The minimum atomic E-state index is 0.337. The van der Waals surface area contributed by atoms with Crippen molar-refractivity contribution >= 4 is 27.5 Å². The topological polar surface area (TPSA) is 53.5 Å². The fraction of sp³-hybridized carbons (Fsp3) is 0.231. The number of hydrogen-bond donors (Lipinski definition) is 0. The van der Waals surface area contributed by atoms with Crippen LogP contribution in [0, 0.1) is 0 Å². The van der Waals surface area contributed by atoms with Gasteiger partial charge in [0, 0.05) is 11.8 Å². The second kappa shape index (κ2) is 6.28. The standard InChI is InChI=1S/C13H12BrClN2O3/c1-18-9-4-7(5-10(19-2)11(9)20-3)13-16-6-8(14)12(15)17-13/h4-6H,1-3H3. The molecule has 5 nitrogen and oxygen atoms in total. The molecule has 0 fully saturated rings. The van der Waals surface area contributed by atoms with Crippen LogP contribution in [0.1, 0.15) is 0 Å².